The van der Waals surface area contributed by atoms with Crippen molar-refractivity contribution in [2.45, 2.75) is 44.7 Å². The van der Waals surface area contributed by atoms with E-state index in [1.165, 1.54) is 22.4 Å². The smallest absolute Gasteiger partial charge is 0.0219 e. The summed E-state index contributed by atoms with van der Waals surface area (Å²) < 4.78 is 0. The maximum absolute atomic E-state index is 3.53. The summed E-state index contributed by atoms with van der Waals surface area (Å²) >= 11 is 1.83. The van der Waals surface area contributed by atoms with Gasteiger partial charge in [-0.05, 0) is 43.7 Å². The number of hydrogen-bond donors (Lipinski definition) is 1. The molecule has 0 aliphatic carbocycles. The molecule has 0 bridgehead atoms. The molecule has 1 aromatic rings. The molecule has 0 spiro atoms. The highest BCUT2D eigenvalue weighted by Crippen LogP contribution is 2.21. The van der Waals surface area contributed by atoms with Crippen LogP contribution in [0.1, 0.15) is 31.4 Å². The molecule has 0 radical (unpaired) electrons. The van der Waals surface area contributed by atoms with Gasteiger partial charge >= 0.3 is 0 Å². The third kappa shape index (κ3) is 3.88. The van der Waals surface area contributed by atoms with Crippen molar-refractivity contribution in [3.8, 4) is 0 Å². The molecule has 1 aromatic carbocycles. The van der Waals surface area contributed by atoms with Crippen molar-refractivity contribution >= 4 is 11.8 Å². The topological polar surface area (TPSA) is 12.0 Å². The lowest BCUT2D eigenvalue weighted by atomic mass is 10.1. The first-order valence-corrected chi connectivity index (χ1v) is 6.76. The SMILES string of the molecule is CCC(C)NCc1ccc(C)cc1SC. The third-order valence-electron chi connectivity index (χ3n) is 2.70. The molecule has 2 heteroatoms. The molecule has 84 valence electrons. The first-order chi connectivity index (χ1) is 7.17. The highest BCUT2D eigenvalue weighted by Gasteiger charge is 2.03. The Morgan fingerprint density at radius 3 is 2.73 bits per heavy atom. The second-order valence-corrected chi connectivity index (χ2v) is 4.85. The van der Waals surface area contributed by atoms with E-state index in [0.717, 1.165) is 6.54 Å². The minimum atomic E-state index is 0.598. The van der Waals surface area contributed by atoms with E-state index in [1.54, 1.807) is 0 Å². The first kappa shape index (κ1) is 12.6. The van der Waals surface area contributed by atoms with Crippen molar-refractivity contribution in [3.05, 3.63) is 29.3 Å². The molecule has 1 nitrogen and oxygen atoms in total. The number of benzene rings is 1. The van der Waals surface area contributed by atoms with Crippen molar-refractivity contribution in [2.24, 2.45) is 0 Å². The predicted molar refractivity (Wildman–Crippen MR) is 69.6 cm³/mol. The van der Waals surface area contributed by atoms with Crippen LogP contribution in [0.25, 0.3) is 0 Å². The van der Waals surface area contributed by atoms with Crippen LogP contribution < -0.4 is 5.32 Å². The monoisotopic (exact) mass is 223 g/mol. The van der Waals surface area contributed by atoms with E-state index < -0.39 is 0 Å². The van der Waals surface area contributed by atoms with Crippen LogP contribution in [0.4, 0.5) is 0 Å². The highest BCUT2D eigenvalue weighted by molar-refractivity contribution is 7.98. The van der Waals surface area contributed by atoms with Crippen molar-refractivity contribution in [2.75, 3.05) is 6.26 Å². The first-order valence-electron chi connectivity index (χ1n) is 5.54. The van der Waals surface area contributed by atoms with E-state index in [0.29, 0.717) is 6.04 Å². The van der Waals surface area contributed by atoms with Gasteiger partial charge in [-0.2, -0.15) is 0 Å². The van der Waals surface area contributed by atoms with Gasteiger partial charge in [-0.1, -0.05) is 19.1 Å². The summed E-state index contributed by atoms with van der Waals surface area (Å²) in [4.78, 5) is 1.39. The summed E-state index contributed by atoms with van der Waals surface area (Å²) in [7, 11) is 0. The molecule has 1 atom stereocenters. The van der Waals surface area contributed by atoms with E-state index in [1.807, 2.05) is 11.8 Å². The molecule has 0 saturated heterocycles. The molecule has 0 heterocycles. The van der Waals surface area contributed by atoms with Crippen molar-refractivity contribution in [1.82, 2.24) is 5.32 Å². The number of aryl methyl sites for hydroxylation is 1. The number of thioether (sulfide) groups is 1. The molecule has 0 saturated carbocycles. The van der Waals surface area contributed by atoms with Crippen LogP contribution in [-0.4, -0.2) is 12.3 Å². The average Bonchev–Trinajstić information content (AvgIpc) is 2.26. The van der Waals surface area contributed by atoms with Gasteiger partial charge in [0.05, 0.1) is 0 Å². The fraction of sp³-hybridized carbons (Fsp3) is 0.538. The Kier molecular flexibility index (Phi) is 5.20. The molecule has 15 heavy (non-hydrogen) atoms. The normalized spacial score (nSPS) is 12.8. The van der Waals surface area contributed by atoms with E-state index in [4.69, 9.17) is 0 Å². The van der Waals surface area contributed by atoms with Crippen molar-refractivity contribution in [1.29, 1.82) is 0 Å². The average molecular weight is 223 g/mol. The number of hydrogen-bond acceptors (Lipinski definition) is 2. The molecular weight excluding hydrogens is 202 g/mol. The fourth-order valence-electron chi connectivity index (χ4n) is 1.43. The van der Waals surface area contributed by atoms with Gasteiger partial charge in [-0.25, -0.2) is 0 Å². The molecule has 0 aromatic heterocycles. The Balaban J connectivity index is 2.67. The van der Waals surface area contributed by atoms with Gasteiger partial charge in [0.1, 0.15) is 0 Å². The van der Waals surface area contributed by atoms with Crippen molar-refractivity contribution < 1.29 is 0 Å². The van der Waals surface area contributed by atoms with Crippen LogP contribution in [0, 0.1) is 6.92 Å². The predicted octanol–water partition coefficient (Wildman–Crippen LogP) is 3.61. The standard InChI is InChI=1S/C13H21NS/c1-5-11(3)14-9-12-7-6-10(2)8-13(12)15-4/h6-8,11,14H,5,9H2,1-4H3. The van der Waals surface area contributed by atoms with Crippen LogP contribution in [0.3, 0.4) is 0 Å². The lowest BCUT2D eigenvalue weighted by Crippen LogP contribution is -2.24. The fourth-order valence-corrected chi connectivity index (χ4v) is 2.13. The molecule has 1 rings (SSSR count). The zero-order valence-corrected chi connectivity index (χ0v) is 10.9. The van der Waals surface area contributed by atoms with Gasteiger partial charge < -0.3 is 5.32 Å². The Morgan fingerprint density at radius 2 is 2.13 bits per heavy atom. The second kappa shape index (κ2) is 6.19. The Hall–Kier alpha value is -0.470. The van der Waals surface area contributed by atoms with Crippen LogP contribution in [0.5, 0.6) is 0 Å². The minimum absolute atomic E-state index is 0.598. The van der Waals surface area contributed by atoms with Gasteiger partial charge in [0.25, 0.3) is 0 Å². The lowest BCUT2D eigenvalue weighted by molar-refractivity contribution is 0.531. The molecule has 1 unspecified atom stereocenters. The summed E-state index contributed by atoms with van der Waals surface area (Å²) in [6.45, 7) is 7.56. The molecule has 0 aliphatic heterocycles. The zero-order chi connectivity index (χ0) is 11.3. The van der Waals surface area contributed by atoms with Crippen LogP contribution in [0.2, 0.25) is 0 Å². The minimum Gasteiger partial charge on any atom is -0.310 e. The van der Waals surface area contributed by atoms with Crippen LogP contribution in [0.15, 0.2) is 23.1 Å². The lowest BCUT2D eigenvalue weighted by Gasteiger charge is -2.13. The van der Waals surface area contributed by atoms with E-state index in [2.05, 4.69) is 50.5 Å². The van der Waals surface area contributed by atoms with Crippen molar-refractivity contribution in [3.63, 3.8) is 0 Å². The van der Waals surface area contributed by atoms with Gasteiger partial charge in [-0.3, -0.25) is 0 Å². The third-order valence-corrected chi connectivity index (χ3v) is 3.52. The summed E-state index contributed by atoms with van der Waals surface area (Å²) in [5.74, 6) is 0. The van der Waals surface area contributed by atoms with E-state index in [9.17, 15) is 0 Å². The molecule has 0 fully saturated rings. The highest BCUT2D eigenvalue weighted by atomic mass is 32.2. The Morgan fingerprint density at radius 1 is 1.40 bits per heavy atom. The Labute approximate surface area is 97.7 Å². The second-order valence-electron chi connectivity index (χ2n) is 4.01. The molecule has 0 amide bonds. The largest absolute Gasteiger partial charge is 0.310 e. The van der Waals surface area contributed by atoms with Crippen LogP contribution in [-0.2, 0) is 6.54 Å². The number of rotatable bonds is 5. The maximum Gasteiger partial charge on any atom is 0.0219 e. The Bertz CT molecular complexity index is 309. The molecule has 1 N–H and O–H groups in total. The summed E-state index contributed by atoms with van der Waals surface area (Å²) in [5, 5.41) is 3.53. The summed E-state index contributed by atoms with van der Waals surface area (Å²) in [6.07, 6.45) is 3.32. The maximum atomic E-state index is 3.53. The van der Waals surface area contributed by atoms with Crippen LogP contribution >= 0.6 is 11.8 Å². The van der Waals surface area contributed by atoms with Gasteiger partial charge in [0.2, 0.25) is 0 Å². The van der Waals surface area contributed by atoms with Gasteiger partial charge in [0.15, 0.2) is 0 Å². The van der Waals surface area contributed by atoms with E-state index in [-0.39, 0.29) is 0 Å². The van der Waals surface area contributed by atoms with E-state index >= 15 is 0 Å². The quantitative estimate of drug-likeness (QED) is 0.765. The zero-order valence-electron chi connectivity index (χ0n) is 10.1. The summed E-state index contributed by atoms with van der Waals surface area (Å²) in [6, 6.07) is 7.28. The number of nitrogens with one attached hydrogen (secondary N) is 1. The van der Waals surface area contributed by atoms with Gasteiger partial charge in [-0.15, -0.1) is 11.8 Å². The molecule has 0 aliphatic rings. The van der Waals surface area contributed by atoms with Gasteiger partial charge in [0, 0.05) is 17.5 Å². The summed E-state index contributed by atoms with van der Waals surface area (Å²) in [5.41, 5.74) is 2.75. The molecular formula is C13H21NS.